The Morgan fingerprint density at radius 3 is 2.45 bits per heavy atom. The quantitative estimate of drug-likeness (QED) is 0.320. The third-order valence-corrected chi connectivity index (χ3v) is 4.19. The van der Waals surface area contributed by atoms with Crippen LogP contribution in [0.5, 0.6) is 11.5 Å². The summed E-state index contributed by atoms with van der Waals surface area (Å²) < 4.78 is 5.76. The highest BCUT2D eigenvalue weighted by Gasteiger charge is 2.07. The van der Waals surface area contributed by atoms with E-state index in [0.29, 0.717) is 33.9 Å². The van der Waals surface area contributed by atoms with Gasteiger partial charge >= 0.3 is 0 Å². The van der Waals surface area contributed by atoms with Gasteiger partial charge in [-0.05, 0) is 42.5 Å². The molecule has 0 fully saturated rings. The molecule has 7 nitrogen and oxygen atoms in total. The molecular weight excluding hydrogens is 388 g/mol. The number of aromatic nitrogens is 3. The summed E-state index contributed by atoms with van der Waals surface area (Å²) in [7, 11) is 0. The third-order valence-electron chi connectivity index (χ3n) is 3.99. The smallest absolute Gasteiger partial charge is 0.222 e. The van der Waals surface area contributed by atoms with Crippen molar-refractivity contribution in [2.24, 2.45) is 0 Å². The Morgan fingerprint density at radius 2 is 1.69 bits per heavy atom. The Kier molecular flexibility index (Phi) is 5.13. The largest absolute Gasteiger partial charge is 0.457 e. The Hall–Kier alpha value is -3.84. The van der Waals surface area contributed by atoms with Crippen LogP contribution in [-0.4, -0.2) is 15.0 Å². The summed E-state index contributed by atoms with van der Waals surface area (Å²) in [6, 6.07) is 20.0. The molecule has 0 atom stereocenters. The second-order valence-electron chi connectivity index (χ2n) is 6.19. The van der Waals surface area contributed by atoms with Gasteiger partial charge in [0.25, 0.3) is 0 Å². The number of nitrogens with two attached hydrogens (primary N) is 2. The highest BCUT2D eigenvalue weighted by atomic mass is 35.5. The summed E-state index contributed by atoms with van der Waals surface area (Å²) in [6.45, 7) is 0. The Balaban J connectivity index is 1.52. The number of hydrogen-bond acceptors (Lipinski definition) is 7. The van der Waals surface area contributed by atoms with Crippen LogP contribution >= 0.6 is 11.6 Å². The van der Waals surface area contributed by atoms with E-state index < -0.39 is 0 Å². The first-order valence-electron chi connectivity index (χ1n) is 8.72. The van der Waals surface area contributed by atoms with Crippen molar-refractivity contribution < 1.29 is 4.74 Å². The van der Waals surface area contributed by atoms with Gasteiger partial charge < -0.3 is 21.5 Å². The molecule has 0 bridgehead atoms. The van der Waals surface area contributed by atoms with Crippen molar-refractivity contribution in [3.05, 3.63) is 78.1 Å². The Bertz CT molecular complexity index is 1150. The predicted octanol–water partition coefficient (Wildman–Crippen LogP) is 4.89. The maximum atomic E-state index is 5.88. The molecule has 0 aliphatic heterocycles. The zero-order valence-corrected chi connectivity index (χ0v) is 16.0. The molecule has 2 aromatic heterocycles. The fourth-order valence-corrected chi connectivity index (χ4v) is 2.88. The van der Waals surface area contributed by atoms with Gasteiger partial charge in [0.2, 0.25) is 5.95 Å². The van der Waals surface area contributed by atoms with E-state index in [1.165, 1.54) is 0 Å². The van der Waals surface area contributed by atoms with Crippen LogP contribution in [0.2, 0.25) is 5.15 Å². The molecule has 2 aromatic carbocycles. The molecule has 0 saturated carbocycles. The topological polar surface area (TPSA) is 112 Å². The van der Waals surface area contributed by atoms with Crippen molar-refractivity contribution in [1.29, 1.82) is 0 Å². The number of hydrogen-bond donors (Lipinski definition) is 3. The van der Waals surface area contributed by atoms with Crippen LogP contribution in [0.1, 0.15) is 0 Å². The standard InChI is InChI=1S/C21H17ClN6O/c22-19-11-17(8-9-25-19)29-16-6-4-15(5-7-16)26-20-12-18(27-21(24)28-20)13-2-1-3-14(23)10-13/h1-12H,23H2,(H3,24,26,27,28). The summed E-state index contributed by atoms with van der Waals surface area (Å²) in [6.07, 6.45) is 1.59. The molecule has 4 aromatic rings. The average Bonchev–Trinajstić information content (AvgIpc) is 2.69. The van der Waals surface area contributed by atoms with Crippen LogP contribution in [0.15, 0.2) is 72.9 Å². The third kappa shape index (κ3) is 4.72. The molecule has 8 heteroatoms. The van der Waals surface area contributed by atoms with Crippen molar-refractivity contribution in [3.63, 3.8) is 0 Å². The first-order chi connectivity index (χ1) is 14.0. The minimum Gasteiger partial charge on any atom is -0.457 e. The van der Waals surface area contributed by atoms with Crippen LogP contribution in [0, 0.1) is 0 Å². The molecule has 0 radical (unpaired) electrons. The van der Waals surface area contributed by atoms with Crippen molar-refractivity contribution in [2.75, 3.05) is 16.8 Å². The van der Waals surface area contributed by atoms with Gasteiger partial charge in [-0.25, -0.2) is 9.97 Å². The van der Waals surface area contributed by atoms with Gasteiger partial charge in [0, 0.05) is 35.3 Å². The summed E-state index contributed by atoms with van der Waals surface area (Å²) >= 11 is 5.87. The molecule has 144 valence electrons. The molecule has 0 amide bonds. The lowest BCUT2D eigenvalue weighted by Gasteiger charge is -2.10. The number of nitrogens with zero attached hydrogens (tertiary/aromatic N) is 3. The van der Waals surface area contributed by atoms with Gasteiger partial charge in [0.1, 0.15) is 22.5 Å². The summed E-state index contributed by atoms with van der Waals surface area (Å²) in [5, 5.41) is 3.59. The van der Waals surface area contributed by atoms with E-state index in [4.69, 9.17) is 27.8 Å². The summed E-state index contributed by atoms with van der Waals surface area (Å²) in [4.78, 5) is 12.5. The van der Waals surface area contributed by atoms with Crippen molar-refractivity contribution in [3.8, 4) is 22.8 Å². The number of nitrogens with one attached hydrogen (secondary N) is 1. The lowest BCUT2D eigenvalue weighted by molar-refractivity contribution is 0.482. The molecule has 0 aliphatic rings. The minimum atomic E-state index is 0.168. The zero-order chi connectivity index (χ0) is 20.2. The molecule has 0 saturated heterocycles. The number of pyridine rings is 1. The lowest BCUT2D eigenvalue weighted by Crippen LogP contribution is -2.01. The van der Waals surface area contributed by atoms with E-state index >= 15 is 0 Å². The second-order valence-corrected chi connectivity index (χ2v) is 6.58. The van der Waals surface area contributed by atoms with E-state index in [0.717, 1.165) is 11.3 Å². The second kappa shape index (κ2) is 8.04. The maximum absolute atomic E-state index is 5.88. The number of halogens is 1. The lowest BCUT2D eigenvalue weighted by atomic mass is 10.1. The summed E-state index contributed by atoms with van der Waals surface area (Å²) in [5.74, 6) is 2.02. The van der Waals surface area contributed by atoms with Crippen LogP contribution in [0.4, 0.5) is 23.1 Å². The Labute approximate surface area is 172 Å². The van der Waals surface area contributed by atoms with Crippen LogP contribution < -0.4 is 21.5 Å². The first kappa shape index (κ1) is 18.5. The number of anilines is 4. The predicted molar refractivity (Wildman–Crippen MR) is 115 cm³/mol. The highest BCUT2D eigenvalue weighted by molar-refractivity contribution is 6.29. The fourth-order valence-electron chi connectivity index (χ4n) is 2.71. The molecule has 0 unspecified atom stereocenters. The number of benzene rings is 2. The number of nitrogen functional groups attached to an aromatic ring is 2. The molecule has 4 rings (SSSR count). The SMILES string of the molecule is Nc1cccc(-c2cc(Nc3ccc(Oc4ccnc(Cl)c4)cc3)nc(N)n2)c1. The van der Waals surface area contributed by atoms with E-state index in [2.05, 4.69) is 20.3 Å². The average molecular weight is 405 g/mol. The molecule has 29 heavy (non-hydrogen) atoms. The van der Waals surface area contributed by atoms with Crippen LogP contribution in [0.3, 0.4) is 0 Å². The van der Waals surface area contributed by atoms with Crippen LogP contribution in [-0.2, 0) is 0 Å². The maximum Gasteiger partial charge on any atom is 0.222 e. The molecule has 0 spiro atoms. The van der Waals surface area contributed by atoms with Gasteiger partial charge in [-0.2, -0.15) is 4.98 Å². The monoisotopic (exact) mass is 404 g/mol. The van der Waals surface area contributed by atoms with Gasteiger partial charge in [0.05, 0.1) is 5.69 Å². The molecule has 2 heterocycles. The number of rotatable bonds is 5. The van der Waals surface area contributed by atoms with E-state index in [-0.39, 0.29) is 5.95 Å². The minimum absolute atomic E-state index is 0.168. The van der Waals surface area contributed by atoms with Gasteiger partial charge in [-0.3, -0.25) is 0 Å². The van der Waals surface area contributed by atoms with Crippen molar-refractivity contribution in [1.82, 2.24) is 15.0 Å². The zero-order valence-electron chi connectivity index (χ0n) is 15.2. The summed E-state index contributed by atoms with van der Waals surface area (Å²) in [5.41, 5.74) is 14.8. The Morgan fingerprint density at radius 1 is 0.862 bits per heavy atom. The molecule has 0 aliphatic carbocycles. The van der Waals surface area contributed by atoms with Crippen LogP contribution in [0.25, 0.3) is 11.3 Å². The van der Waals surface area contributed by atoms with E-state index in [9.17, 15) is 0 Å². The van der Waals surface area contributed by atoms with Gasteiger partial charge in [-0.15, -0.1) is 0 Å². The van der Waals surface area contributed by atoms with Crippen molar-refractivity contribution in [2.45, 2.75) is 0 Å². The number of ether oxygens (including phenoxy) is 1. The fraction of sp³-hybridized carbons (Fsp3) is 0. The molecular formula is C21H17ClN6O. The van der Waals surface area contributed by atoms with Gasteiger partial charge in [-0.1, -0.05) is 23.7 Å². The van der Waals surface area contributed by atoms with Crippen molar-refractivity contribution >= 4 is 34.7 Å². The molecule has 5 N–H and O–H groups in total. The highest BCUT2D eigenvalue weighted by Crippen LogP contribution is 2.27. The van der Waals surface area contributed by atoms with Gasteiger partial charge in [0.15, 0.2) is 0 Å². The first-order valence-corrected chi connectivity index (χ1v) is 9.10. The van der Waals surface area contributed by atoms with E-state index in [1.54, 1.807) is 18.3 Å². The van der Waals surface area contributed by atoms with E-state index in [1.807, 2.05) is 54.6 Å². The normalized spacial score (nSPS) is 10.5.